The Morgan fingerprint density at radius 2 is 1.50 bits per heavy atom. The largest absolute Gasteiger partial charge is 0.490 e. The van der Waals surface area contributed by atoms with Gasteiger partial charge in [-0.2, -0.15) is 30.6 Å². The molecule has 0 bridgehead atoms. The Kier molecular flexibility index (Phi) is 9.49. The molecule has 0 aromatic carbocycles. The highest BCUT2D eigenvalue weighted by Crippen LogP contribution is 2.42. The van der Waals surface area contributed by atoms with Crippen molar-refractivity contribution in [2.45, 2.75) is 30.3 Å². The monoisotopic (exact) mass is 575 g/mol. The number of rotatable bonds is 4. The first-order valence-corrected chi connectivity index (χ1v) is 12.0. The molecule has 2 aromatic heterocycles. The van der Waals surface area contributed by atoms with Gasteiger partial charge in [-0.25, -0.2) is 23.0 Å². The summed E-state index contributed by atoms with van der Waals surface area (Å²) in [4.78, 5) is 28.2. The minimum absolute atomic E-state index is 0.106. The Morgan fingerprint density at radius 3 is 1.92 bits per heavy atom. The van der Waals surface area contributed by atoms with Gasteiger partial charge < -0.3 is 14.8 Å². The zero-order chi connectivity index (χ0) is 28.9. The van der Waals surface area contributed by atoms with Crippen LogP contribution in [0.1, 0.15) is 12.0 Å². The van der Waals surface area contributed by atoms with Crippen molar-refractivity contribution >= 4 is 22.0 Å². The number of aliphatic carboxylic acids is 2. The van der Waals surface area contributed by atoms with Crippen molar-refractivity contribution in [2.24, 2.45) is 12.5 Å². The lowest BCUT2D eigenvalue weighted by molar-refractivity contribution is -0.193. The number of alkyl halides is 6. The fraction of sp³-hybridized carbons (Fsp3) is 0.500. The van der Waals surface area contributed by atoms with Gasteiger partial charge in [0.25, 0.3) is 10.0 Å². The van der Waals surface area contributed by atoms with Crippen LogP contribution in [0.15, 0.2) is 42.1 Å². The van der Waals surface area contributed by atoms with Gasteiger partial charge in [0, 0.05) is 57.2 Å². The first-order chi connectivity index (χ1) is 17.4. The van der Waals surface area contributed by atoms with E-state index in [1.165, 1.54) is 11.9 Å². The van der Waals surface area contributed by atoms with Gasteiger partial charge in [-0.15, -0.1) is 0 Å². The number of imidazole rings is 1. The minimum atomic E-state index is -5.08. The first kappa shape index (κ1) is 31.0. The molecule has 11 nitrogen and oxygen atoms in total. The van der Waals surface area contributed by atoms with Gasteiger partial charge in [-0.05, 0) is 30.7 Å². The third-order valence-corrected chi connectivity index (χ3v) is 7.14. The molecule has 4 rings (SSSR count). The summed E-state index contributed by atoms with van der Waals surface area (Å²) in [5.41, 5.74) is 1.36. The van der Waals surface area contributed by atoms with Crippen LogP contribution in [0, 0.1) is 5.41 Å². The molecule has 0 saturated carbocycles. The van der Waals surface area contributed by atoms with Crippen molar-refractivity contribution in [1.82, 2.24) is 23.7 Å². The van der Waals surface area contributed by atoms with Crippen LogP contribution in [-0.4, -0.2) is 92.8 Å². The van der Waals surface area contributed by atoms with Gasteiger partial charge in [0.1, 0.15) is 0 Å². The lowest BCUT2D eigenvalue weighted by Gasteiger charge is -2.46. The van der Waals surface area contributed by atoms with Gasteiger partial charge in [-0.3, -0.25) is 9.88 Å². The molecule has 4 heterocycles. The van der Waals surface area contributed by atoms with Crippen LogP contribution >= 0.6 is 0 Å². The summed E-state index contributed by atoms with van der Waals surface area (Å²) in [6.45, 7) is 4.05. The van der Waals surface area contributed by atoms with Crippen molar-refractivity contribution in [2.75, 3.05) is 26.2 Å². The van der Waals surface area contributed by atoms with Crippen LogP contribution in [0.4, 0.5) is 26.3 Å². The van der Waals surface area contributed by atoms with Gasteiger partial charge >= 0.3 is 24.3 Å². The molecule has 2 aromatic rings. The van der Waals surface area contributed by atoms with Gasteiger partial charge in [0.2, 0.25) is 0 Å². The maximum Gasteiger partial charge on any atom is 0.490 e. The predicted octanol–water partition coefficient (Wildman–Crippen LogP) is 1.98. The number of aromatic nitrogens is 3. The van der Waals surface area contributed by atoms with Crippen molar-refractivity contribution in [1.29, 1.82) is 0 Å². The van der Waals surface area contributed by atoms with E-state index in [1.807, 2.05) is 24.5 Å². The quantitative estimate of drug-likeness (QED) is 0.523. The summed E-state index contributed by atoms with van der Waals surface area (Å²) in [7, 11) is -1.67. The van der Waals surface area contributed by atoms with Gasteiger partial charge in [-0.1, -0.05) is 0 Å². The van der Waals surface area contributed by atoms with Crippen LogP contribution in [0.2, 0.25) is 0 Å². The normalized spacial score (nSPS) is 17.6. The molecule has 2 aliphatic heterocycles. The highest BCUT2D eigenvalue weighted by atomic mass is 32.2. The summed E-state index contributed by atoms with van der Waals surface area (Å²) in [6, 6.07) is 4.06. The molecular weight excluding hydrogens is 552 g/mol. The zero-order valence-corrected chi connectivity index (χ0v) is 20.5. The van der Waals surface area contributed by atoms with Crippen LogP contribution < -0.4 is 0 Å². The molecule has 0 amide bonds. The third kappa shape index (κ3) is 8.38. The summed E-state index contributed by atoms with van der Waals surface area (Å²) >= 11 is 0. The van der Waals surface area contributed by atoms with Crippen LogP contribution in [-0.2, 0) is 33.2 Å². The molecule has 38 heavy (non-hydrogen) atoms. The molecule has 2 fully saturated rings. The average molecular weight is 575 g/mol. The van der Waals surface area contributed by atoms with E-state index in [9.17, 15) is 34.8 Å². The smallest absolute Gasteiger partial charge is 0.475 e. The zero-order valence-electron chi connectivity index (χ0n) is 19.6. The number of likely N-dealkylation sites (tertiary alicyclic amines) is 1. The molecule has 212 valence electrons. The number of nitrogens with zero attached hydrogens (tertiary/aromatic N) is 5. The summed E-state index contributed by atoms with van der Waals surface area (Å²) in [5.74, 6) is -5.51. The number of halogens is 6. The van der Waals surface area contributed by atoms with Crippen LogP contribution in [0.3, 0.4) is 0 Å². The Bertz CT molecular complexity index is 1190. The molecule has 2 aliphatic rings. The fourth-order valence-corrected chi connectivity index (χ4v) is 5.33. The number of sulfonamides is 1. The Labute approximate surface area is 212 Å². The Morgan fingerprint density at radius 1 is 1.00 bits per heavy atom. The standard InChI is InChI=1S/C16H21N5O2S.2C2HF3O2/c1-19-9-15(18-13-19)24(22,23)21-11-16(12-21)4-7-20(10-16)8-14-2-5-17-6-3-14;2*3-2(4,5)1(6)7/h2-3,5-6,9,13H,4,7-8,10-12H2,1H3;2*(H,6,7). The number of carbonyl (C=O) groups is 2. The number of carboxylic acids is 2. The van der Waals surface area contributed by atoms with E-state index in [-0.39, 0.29) is 10.4 Å². The lowest BCUT2D eigenvalue weighted by atomic mass is 9.81. The van der Waals surface area contributed by atoms with Crippen molar-refractivity contribution in [3.63, 3.8) is 0 Å². The minimum Gasteiger partial charge on any atom is -0.475 e. The molecular formula is C20H23F6N5O6S. The number of hydrogen-bond acceptors (Lipinski definition) is 7. The SMILES string of the molecule is Cn1cnc(S(=O)(=O)N2CC3(CCN(Cc4ccncc4)C3)C2)c1.O=C(O)C(F)(F)F.O=C(O)C(F)(F)F. The second-order valence-electron chi connectivity index (χ2n) is 8.57. The summed E-state index contributed by atoms with van der Waals surface area (Å²) in [5, 5.41) is 14.4. The molecule has 0 aliphatic carbocycles. The number of hydrogen-bond donors (Lipinski definition) is 2. The second kappa shape index (κ2) is 11.6. The van der Waals surface area contributed by atoms with E-state index >= 15 is 0 Å². The second-order valence-corrected chi connectivity index (χ2v) is 10.5. The average Bonchev–Trinajstić information content (AvgIpc) is 3.40. The molecule has 18 heteroatoms. The van der Waals surface area contributed by atoms with Crippen molar-refractivity contribution in [3.8, 4) is 0 Å². The number of pyridine rings is 1. The van der Waals surface area contributed by atoms with E-state index in [2.05, 4.69) is 14.9 Å². The van der Waals surface area contributed by atoms with Gasteiger partial charge in [0.05, 0.1) is 6.33 Å². The number of carboxylic acid groups (broad SMARTS) is 2. The van der Waals surface area contributed by atoms with Gasteiger partial charge in [0.15, 0.2) is 5.03 Å². The Balaban J connectivity index is 0.000000301. The highest BCUT2D eigenvalue weighted by Gasteiger charge is 2.52. The topological polar surface area (TPSA) is 146 Å². The van der Waals surface area contributed by atoms with Crippen LogP contribution in [0.25, 0.3) is 0 Å². The first-order valence-electron chi connectivity index (χ1n) is 10.6. The van der Waals surface area contributed by atoms with Crippen molar-refractivity contribution < 1.29 is 54.6 Å². The van der Waals surface area contributed by atoms with Crippen LogP contribution in [0.5, 0.6) is 0 Å². The molecule has 0 atom stereocenters. The van der Waals surface area contributed by atoms with E-state index in [1.54, 1.807) is 22.1 Å². The highest BCUT2D eigenvalue weighted by molar-refractivity contribution is 7.89. The van der Waals surface area contributed by atoms with E-state index in [0.29, 0.717) is 13.1 Å². The van der Waals surface area contributed by atoms with Crippen molar-refractivity contribution in [3.05, 3.63) is 42.6 Å². The maximum atomic E-state index is 12.6. The lowest BCUT2D eigenvalue weighted by Crippen LogP contribution is -2.59. The van der Waals surface area contributed by atoms with E-state index in [0.717, 1.165) is 26.1 Å². The summed E-state index contributed by atoms with van der Waals surface area (Å²) < 4.78 is 91.8. The third-order valence-electron chi connectivity index (χ3n) is 5.47. The summed E-state index contributed by atoms with van der Waals surface area (Å²) in [6.07, 6.45) is -2.41. The molecule has 1 spiro atoms. The van der Waals surface area contributed by atoms with E-state index in [4.69, 9.17) is 19.8 Å². The molecule has 0 radical (unpaired) electrons. The van der Waals surface area contributed by atoms with E-state index < -0.39 is 34.3 Å². The molecule has 0 unspecified atom stereocenters. The maximum absolute atomic E-state index is 12.6. The molecule has 2 N–H and O–H groups in total. The molecule has 2 saturated heterocycles. The predicted molar refractivity (Wildman–Crippen MR) is 116 cm³/mol. The number of aryl methyl sites for hydroxylation is 1. The Hall–Kier alpha value is -3.25. The fourth-order valence-electron chi connectivity index (χ4n) is 3.69.